The molecule has 1 atom stereocenters. The first-order valence-corrected chi connectivity index (χ1v) is 11.9. The van der Waals surface area contributed by atoms with E-state index in [1.165, 1.54) is 11.3 Å². The van der Waals surface area contributed by atoms with Crippen molar-refractivity contribution in [1.29, 1.82) is 0 Å². The number of hydrogen-bond acceptors (Lipinski definition) is 11. The topological polar surface area (TPSA) is 105 Å². The largest absolute Gasteiger partial charge is 0.462 e. The Balaban J connectivity index is 1.54. The van der Waals surface area contributed by atoms with Crippen LogP contribution in [0.1, 0.15) is 35.1 Å². The standard InChI is InChI=1S/C21H31N7O3S/c1-4-30-19(29)18-14(2)23-21(32-18)26-20-24-16(22-13-15-6-5-11-31-15)12-17(25-20)28-9-7-27(3)8-10-28/h12,15H,4-11,13H2,1-3H3,(H2,22,23,24,25,26). The second-order valence-corrected chi connectivity index (χ2v) is 9.02. The maximum atomic E-state index is 12.1. The van der Waals surface area contributed by atoms with Crippen molar-refractivity contribution < 1.29 is 14.3 Å². The molecule has 2 aliphatic rings. The van der Waals surface area contributed by atoms with E-state index in [-0.39, 0.29) is 12.1 Å². The average Bonchev–Trinajstić information content (AvgIpc) is 3.42. The van der Waals surface area contributed by atoms with Gasteiger partial charge in [-0.15, -0.1) is 0 Å². The SMILES string of the molecule is CCOC(=O)c1sc(Nc2nc(NCC3CCCO3)cc(N3CCN(C)CC3)n2)nc1C. The number of ether oxygens (including phenoxy) is 2. The molecule has 10 nitrogen and oxygen atoms in total. The van der Waals surface area contributed by atoms with Crippen molar-refractivity contribution in [3.8, 4) is 0 Å². The van der Waals surface area contributed by atoms with Crippen LogP contribution in [0, 0.1) is 6.92 Å². The Labute approximate surface area is 192 Å². The minimum absolute atomic E-state index is 0.210. The van der Waals surface area contributed by atoms with Crippen LogP contribution < -0.4 is 15.5 Å². The average molecular weight is 462 g/mol. The lowest BCUT2D eigenvalue weighted by molar-refractivity contribution is 0.0531. The number of carbonyl (C=O) groups is 1. The van der Waals surface area contributed by atoms with Gasteiger partial charge in [0.1, 0.15) is 16.5 Å². The van der Waals surface area contributed by atoms with Gasteiger partial charge in [0.05, 0.1) is 18.4 Å². The third-order valence-corrected chi connectivity index (χ3v) is 6.60. The van der Waals surface area contributed by atoms with Crippen LogP contribution in [-0.4, -0.2) is 84.9 Å². The Hall–Kier alpha value is -2.50. The summed E-state index contributed by atoms with van der Waals surface area (Å²) in [6, 6.07) is 1.99. The lowest BCUT2D eigenvalue weighted by atomic mass is 10.2. The number of hydrogen-bond donors (Lipinski definition) is 2. The van der Waals surface area contributed by atoms with Crippen LogP contribution in [0.3, 0.4) is 0 Å². The molecule has 0 radical (unpaired) electrons. The number of nitrogens with one attached hydrogen (secondary N) is 2. The molecule has 4 heterocycles. The second-order valence-electron chi connectivity index (χ2n) is 8.02. The molecule has 0 amide bonds. The molecule has 1 unspecified atom stereocenters. The Morgan fingerprint density at radius 3 is 2.81 bits per heavy atom. The van der Waals surface area contributed by atoms with Crippen LogP contribution >= 0.6 is 11.3 Å². The van der Waals surface area contributed by atoms with E-state index in [2.05, 4.69) is 37.4 Å². The van der Waals surface area contributed by atoms with E-state index in [4.69, 9.17) is 14.5 Å². The maximum absolute atomic E-state index is 12.1. The molecule has 174 valence electrons. The van der Waals surface area contributed by atoms with Crippen LogP contribution in [0.5, 0.6) is 0 Å². The number of aromatic nitrogens is 3. The van der Waals surface area contributed by atoms with Crippen molar-refractivity contribution in [2.75, 3.05) is 68.5 Å². The molecule has 2 fully saturated rings. The lowest BCUT2D eigenvalue weighted by Crippen LogP contribution is -2.44. The number of likely N-dealkylation sites (N-methyl/N-ethyl adjacent to an activating group) is 1. The predicted molar refractivity (Wildman–Crippen MR) is 125 cm³/mol. The fourth-order valence-electron chi connectivity index (χ4n) is 3.73. The number of anilines is 4. The van der Waals surface area contributed by atoms with Gasteiger partial charge in [0.25, 0.3) is 0 Å². The van der Waals surface area contributed by atoms with Gasteiger partial charge in [0.15, 0.2) is 5.13 Å². The van der Waals surface area contributed by atoms with Gasteiger partial charge in [-0.1, -0.05) is 11.3 Å². The van der Waals surface area contributed by atoms with Gasteiger partial charge in [-0.05, 0) is 33.7 Å². The normalized spacial score (nSPS) is 19.2. The van der Waals surface area contributed by atoms with Crippen LogP contribution in [-0.2, 0) is 9.47 Å². The summed E-state index contributed by atoms with van der Waals surface area (Å²) in [5, 5.41) is 7.16. The molecule has 2 aromatic rings. The number of aryl methyl sites for hydroxylation is 1. The summed E-state index contributed by atoms with van der Waals surface area (Å²) < 4.78 is 10.8. The van der Waals surface area contributed by atoms with Gasteiger partial charge in [-0.2, -0.15) is 9.97 Å². The molecule has 0 aliphatic carbocycles. The van der Waals surface area contributed by atoms with E-state index < -0.39 is 0 Å². The number of esters is 1. The maximum Gasteiger partial charge on any atom is 0.350 e. The minimum atomic E-state index is -0.360. The molecular weight excluding hydrogens is 430 g/mol. The van der Waals surface area contributed by atoms with Crippen molar-refractivity contribution in [2.24, 2.45) is 0 Å². The van der Waals surface area contributed by atoms with Crippen molar-refractivity contribution in [2.45, 2.75) is 32.8 Å². The summed E-state index contributed by atoms with van der Waals surface area (Å²) in [4.78, 5) is 31.1. The zero-order chi connectivity index (χ0) is 22.5. The van der Waals surface area contributed by atoms with Gasteiger partial charge in [0, 0.05) is 45.4 Å². The number of nitrogens with zero attached hydrogens (tertiary/aromatic N) is 5. The van der Waals surface area contributed by atoms with Crippen LogP contribution in [0.15, 0.2) is 6.07 Å². The molecule has 0 saturated carbocycles. The molecule has 4 rings (SSSR count). The smallest absolute Gasteiger partial charge is 0.350 e. The lowest BCUT2D eigenvalue weighted by Gasteiger charge is -2.33. The quantitative estimate of drug-likeness (QED) is 0.570. The highest BCUT2D eigenvalue weighted by Crippen LogP contribution is 2.27. The second kappa shape index (κ2) is 10.4. The molecule has 0 bridgehead atoms. The fourth-order valence-corrected chi connectivity index (χ4v) is 4.59. The summed E-state index contributed by atoms with van der Waals surface area (Å²) in [7, 11) is 2.13. The first kappa shape index (κ1) is 22.7. The highest BCUT2D eigenvalue weighted by molar-refractivity contribution is 7.17. The van der Waals surface area contributed by atoms with Crippen molar-refractivity contribution in [3.05, 3.63) is 16.6 Å². The van der Waals surface area contributed by atoms with Crippen molar-refractivity contribution in [3.63, 3.8) is 0 Å². The molecule has 0 spiro atoms. The van der Waals surface area contributed by atoms with Crippen LogP contribution in [0.4, 0.5) is 22.7 Å². The highest BCUT2D eigenvalue weighted by atomic mass is 32.1. The van der Waals surface area contributed by atoms with E-state index in [1.807, 2.05) is 6.07 Å². The summed E-state index contributed by atoms with van der Waals surface area (Å²) in [6.07, 6.45) is 2.37. The summed E-state index contributed by atoms with van der Waals surface area (Å²) in [5.41, 5.74) is 0.628. The first-order valence-electron chi connectivity index (χ1n) is 11.1. The molecule has 0 aromatic carbocycles. The van der Waals surface area contributed by atoms with E-state index in [0.29, 0.717) is 34.8 Å². The molecule has 2 aliphatic heterocycles. The third-order valence-electron chi connectivity index (χ3n) is 5.55. The zero-order valence-electron chi connectivity index (χ0n) is 18.9. The van der Waals surface area contributed by atoms with E-state index >= 15 is 0 Å². The summed E-state index contributed by atoms with van der Waals surface area (Å²) in [6.45, 7) is 9.22. The Bertz CT molecular complexity index is 924. The van der Waals surface area contributed by atoms with Crippen molar-refractivity contribution in [1.82, 2.24) is 19.9 Å². The van der Waals surface area contributed by atoms with Gasteiger partial charge in [-0.25, -0.2) is 9.78 Å². The summed E-state index contributed by atoms with van der Waals surface area (Å²) in [5.74, 6) is 1.69. The molecular formula is C21H31N7O3S. The Kier molecular flexibility index (Phi) is 7.38. The monoisotopic (exact) mass is 461 g/mol. The molecule has 11 heteroatoms. The Morgan fingerprint density at radius 1 is 1.28 bits per heavy atom. The van der Waals surface area contributed by atoms with Gasteiger partial charge >= 0.3 is 5.97 Å². The van der Waals surface area contributed by atoms with Crippen LogP contribution in [0.2, 0.25) is 0 Å². The molecule has 2 N–H and O–H groups in total. The first-order chi connectivity index (χ1) is 15.5. The van der Waals surface area contributed by atoms with Gasteiger partial charge < -0.3 is 24.6 Å². The number of carbonyl (C=O) groups excluding carboxylic acids is 1. The van der Waals surface area contributed by atoms with Crippen molar-refractivity contribution >= 4 is 40.0 Å². The number of rotatable bonds is 8. The molecule has 32 heavy (non-hydrogen) atoms. The van der Waals surface area contributed by atoms with E-state index in [9.17, 15) is 4.79 Å². The summed E-state index contributed by atoms with van der Waals surface area (Å²) >= 11 is 1.25. The highest BCUT2D eigenvalue weighted by Gasteiger charge is 2.21. The van der Waals surface area contributed by atoms with E-state index in [0.717, 1.165) is 57.3 Å². The predicted octanol–water partition coefficient (Wildman–Crippen LogP) is 2.50. The molecule has 2 aromatic heterocycles. The van der Waals surface area contributed by atoms with Crippen LogP contribution in [0.25, 0.3) is 0 Å². The van der Waals surface area contributed by atoms with Gasteiger partial charge in [-0.3, -0.25) is 5.32 Å². The molecule has 2 saturated heterocycles. The minimum Gasteiger partial charge on any atom is -0.462 e. The van der Waals surface area contributed by atoms with Gasteiger partial charge in [0.2, 0.25) is 5.95 Å². The fraction of sp³-hybridized carbons (Fsp3) is 0.619. The number of thiazole rings is 1. The number of piperazine rings is 1. The Morgan fingerprint density at radius 2 is 2.09 bits per heavy atom. The third kappa shape index (κ3) is 5.64. The van der Waals surface area contributed by atoms with E-state index in [1.54, 1.807) is 13.8 Å². The zero-order valence-corrected chi connectivity index (χ0v) is 19.7.